The van der Waals surface area contributed by atoms with Gasteiger partial charge >= 0.3 is 5.97 Å². The van der Waals surface area contributed by atoms with Crippen LogP contribution in [0, 0.1) is 0 Å². The molecule has 8 nitrogen and oxygen atoms in total. The van der Waals surface area contributed by atoms with Crippen molar-refractivity contribution in [1.29, 1.82) is 0 Å². The van der Waals surface area contributed by atoms with Gasteiger partial charge < -0.3 is 19.3 Å². The van der Waals surface area contributed by atoms with Crippen molar-refractivity contribution in [2.45, 2.75) is 0 Å². The fourth-order valence-electron chi connectivity index (χ4n) is 2.28. The Morgan fingerprint density at radius 2 is 1.86 bits per heavy atom. The van der Waals surface area contributed by atoms with Crippen LogP contribution in [-0.2, 0) is 14.3 Å². The van der Waals surface area contributed by atoms with Gasteiger partial charge in [-0.15, -0.1) is 11.3 Å². The van der Waals surface area contributed by atoms with E-state index in [1.54, 1.807) is 19.2 Å². The number of aromatic nitrogens is 1. The molecule has 3 rings (SSSR count). The minimum Gasteiger partial charge on any atom is -0.504 e. The summed E-state index contributed by atoms with van der Waals surface area (Å²) in [5.41, 5.74) is 1.59. The van der Waals surface area contributed by atoms with E-state index in [-0.39, 0.29) is 11.5 Å². The molecule has 0 bridgehead atoms. The van der Waals surface area contributed by atoms with Crippen molar-refractivity contribution >= 4 is 28.3 Å². The van der Waals surface area contributed by atoms with Gasteiger partial charge in [-0.05, 0) is 36.4 Å². The fraction of sp³-hybridized carbons (Fsp3) is 0.150. The lowest BCUT2D eigenvalue weighted by atomic mass is 10.2. The summed E-state index contributed by atoms with van der Waals surface area (Å²) in [6, 6.07) is 13.6. The summed E-state index contributed by atoms with van der Waals surface area (Å²) >= 11 is 1.26. The summed E-state index contributed by atoms with van der Waals surface area (Å²) in [4.78, 5) is 28.0. The largest absolute Gasteiger partial charge is 0.504 e. The van der Waals surface area contributed by atoms with Crippen molar-refractivity contribution < 1.29 is 28.9 Å². The summed E-state index contributed by atoms with van der Waals surface area (Å²) in [7, 11) is 1.59. The van der Waals surface area contributed by atoms with Crippen LogP contribution in [0.4, 0.5) is 5.13 Å². The number of benzene rings is 2. The molecule has 0 atom stereocenters. The molecule has 0 aliphatic carbocycles. The predicted molar refractivity (Wildman–Crippen MR) is 107 cm³/mol. The number of ether oxygens (including phenoxy) is 3. The van der Waals surface area contributed by atoms with Gasteiger partial charge in [0.15, 0.2) is 29.8 Å². The average Bonchev–Trinajstić information content (AvgIpc) is 3.20. The van der Waals surface area contributed by atoms with E-state index in [1.807, 2.05) is 29.6 Å². The fourth-order valence-corrected chi connectivity index (χ4v) is 3.02. The standard InChI is InChI=1S/C20H18N2O6S/c1-26-14-8-6-13(7-9-14)15-12-29-20(21-15)22-18(24)10-28-19(25)11-27-17-5-3-2-4-16(17)23/h2-9,12,23H,10-11H2,1H3,(H,21,22,24). The normalized spacial score (nSPS) is 10.2. The van der Waals surface area contributed by atoms with E-state index in [4.69, 9.17) is 14.2 Å². The number of hydrogen-bond donors (Lipinski definition) is 2. The van der Waals surface area contributed by atoms with E-state index in [2.05, 4.69) is 10.3 Å². The number of carbonyl (C=O) groups excluding carboxylic acids is 2. The Kier molecular flexibility index (Phi) is 6.64. The second kappa shape index (κ2) is 9.56. The molecule has 0 fully saturated rings. The lowest BCUT2D eigenvalue weighted by molar-refractivity contribution is -0.149. The molecule has 2 N–H and O–H groups in total. The van der Waals surface area contributed by atoms with Crippen LogP contribution in [0.25, 0.3) is 11.3 Å². The first-order valence-electron chi connectivity index (χ1n) is 8.51. The van der Waals surface area contributed by atoms with Crippen molar-refractivity contribution in [2.75, 3.05) is 25.6 Å². The predicted octanol–water partition coefficient (Wildman–Crippen LogP) is 3.09. The molecule has 1 aromatic heterocycles. The Bertz CT molecular complexity index is 987. The number of amides is 1. The van der Waals surface area contributed by atoms with Gasteiger partial charge in [0.2, 0.25) is 0 Å². The number of phenols is 1. The number of methoxy groups -OCH3 is 1. The average molecular weight is 414 g/mol. The van der Waals surface area contributed by atoms with Crippen molar-refractivity contribution in [1.82, 2.24) is 4.98 Å². The molecule has 3 aromatic rings. The molecule has 0 aliphatic rings. The Morgan fingerprint density at radius 1 is 1.10 bits per heavy atom. The minimum atomic E-state index is -0.735. The van der Waals surface area contributed by atoms with Gasteiger partial charge in [-0.3, -0.25) is 10.1 Å². The van der Waals surface area contributed by atoms with Crippen molar-refractivity contribution in [3.8, 4) is 28.5 Å². The van der Waals surface area contributed by atoms with Crippen LogP contribution < -0.4 is 14.8 Å². The second-order valence-corrected chi connectivity index (χ2v) is 6.59. The number of hydrogen-bond acceptors (Lipinski definition) is 8. The third-order valence-corrected chi connectivity index (χ3v) is 4.47. The Hall–Kier alpha value is -3.59. The molecule has 0 aliphatic heterocycles. The molecular weight excluding hydrogens is 396 g/mol. The monoisotopic (exact) mass is 414 g/mol. The number of rotatable bonds is 8. The van der Waals surface area contributed by atoms with Gasteiger partial charge in [-0.25, -0.2) is 9.78 Å². The maximum absolute atomic E-state index is 12.0. The Labute approximate surface area is 170 Å². The summed E-state index contributed by atoms with van der Waals surface area (Å²) in [5.74, 6) is -0.444. The highest BCUT2D eigenvalue weighted by molar-refractivity contribution is 7.14. The molecule has 0 spiro atoms. The molecule has 1 heterocycles. The molecule has 0 saturated carbocycles. The number of para-hydroxylation sites is 2. The second-order valence-electron chi connectivity index (χ2n) is 5.73. The number of nitrogens with zero attached hydrogens (tertiary/aromatic N) is 1. The van der Waals surface area contributed by atoms with E-state index in [0.29, 0.717) is 10.8 Å². The van der Waals surface area contributed by atoms with Crippen LogP contribution in [0.5, 0.6) is 17.2 Å². The first-order valence-corrected chi connectivity index (χ1v) is 9.39. The zero-order valence-corrected chi connectivity index (χ0v) is 16.3. The van der Waals surface area contributed by atoms with Gasteiger partial charge in [0.1, 0.15) is 5.75 Å². The summed E-state index contributed by atoms with van der Waals surface area (Å²) < 4.78 is 15.1. The van der Waals surface area contributed by atoms with Crippen LogP contribution in [0.1, 0.15) is 0 Å². The number of esters is 1. The lowest BCUT2D eigenvalue weighted by Crippen LogP contribution is -2.23. The number of thiazole rings is 1. The van der Waals surface area contributed by atoms with Gasteiger partial charge in [-0.2, -0.15) is 0 Å². The Morgan fingerprint density at radius 3 is 2.59 bits per heavy atom. The van der Waals surface area contributed by atoms with Gasteiger partial charge in [0.05, 0.1) is 12.8 Å². The van der Waals surface area contributed by atoms with Gasteiger partial charge in [0, 0.05) is 10.9 Å². The van der Waals surface area contributed by atoms with Crippen molar-refractivity contribution in [2.24, 2.45) is 0 Å². The summed E-state index contributed by atoms with van der Waals surface area (Å²) in [5, 5.41) is 14.3. The van der Waals surface area contributed by atoms with Gasteiger partial charge in [-0.1, -0.05) is 12.1 Å². The topological polar surface area (TPSA) is 107 Å². The van der Waals surface area contributed by atoms with E-state index in [0.717, 1.165) is 11.3 Å². The zero-order valence-electron chi connectivity index (χ0n) is 15.5. The maximum atomic E-state index is 12.0. The van der Waals surface area contributed by atoms with Crippen molar-refractivity contribution in [3.63, 3.8) is 0 Å². The summed E-state index contributed by atoms with van der Waals surface area (Å²) in [6.07, 6.45) is 0. The van der Waals surface area contributed by atoms with Gasteiger partial charge in [0.25, 0.3) is 5.91 Å². The molecule has 0 unspecified atom stereocenters. The highest BCUT2D eigenvalue weighted by Crippen LogP contribution is 2.26. The quantitative estimate of drug-likeness (QED) is 0.546. The smallest absolute Gasteiger partial charge is 0.344 e. The molecule has 2 aromatic carbocycles. The van der Waals surface area contributed by atoms with E-state index in [9.17, 15) is 14.7 Å². The SMILES string of the molecule is COc1ccc(-c2csc(NC(=O)COC(=O)COc3ccccc3O)n2)cc1. The molecule has 0 radical (unpaired) electrons. The van der Waals surface area contributed by atoms with E-state index in [1.165, 1.54) is 23.5 Å². The number of carbonyl (C=O) groups is 2. The molecule has 150 valence electrons. The molecule has 0 saturated heterocycles. The summed E-state index contributed by atoms with van der Waals surface area (Å²) in [6.45, 7) is -0.899. The van der Waals surface area contributed by atoms with E-state index < -0.39 is 25.1 Å². The minimum absolute atomic E-state index is 0.0884. The highest BCUT2D eigenvalue weighted by atomic mass is 32.1. The van der Waals surface area contributed by atoms with Crippen LogP contribution >= 0.6 is 11.3 Å². The lowest BCUT2D eigenvalue weighted by Gasteiger charge is -2.08. The first kappa shape index (κ1) is 20.2. The van der Waals surface area contributed by atoms with E-state index >= 15 is 0 Å². The molecule has 29 heavy (non-hydrogen) atoms. The van der Waals surface area contributed by atoms with Crippen LogP contribution in [0.15, 0.2) is 53.9 Å². The third kappa shape index (κ3) is 5.69. The maximum Gasteiger partial charge on any atom is 0.344 e. The first-order chi connectivity index (χ1) is 14.0. The number of phenolic OH excluding ortho intramolecular Hbond substituents is 1. The molecule has 1 amide bonds. The van der Waals surface area contributed by atoms with Crippen molar-refractivity contribution in [3.05, 3.63) is 53.9 Å². The highest BCUT2D eigenvalue weighted by Gasteiger charge is 2.12. The van der Waals surface area contributed by atoms with Crippen LogP contribution in [0.3, 0.4) is 0 Å². The number of nitrogens with one attached hydrogen (secondary N) is 1. The van der Waals surface area contributed by atoms with Crippen LogP contribution in [0.2, 0.25) is 0 Å². The molecule has 9 heteroatoms. The molecular formula is C20H18N2O6S. The Balaban J connectivity index is 1.45. The number of aromatic hydroxyl groups is 1. The zero-order chi connectivity index (χ0) is 20.6. The van der Waals surface area contributed by atoms with Crippen LogP contribution in [-0.4, -0.2) is 42.3 Å². The number of anilines is 1. The third-order valence-electron chi connectivity index (χ3n) is 3.71.